The molecule has 0 atom stereocenters. The summed E-state index contributed by atoms with van der Waals surface area (Å²) in [6, 6.07) is 14.1. The van der Waals surface area contributed by atoms with Crippen LogP contribution in [0.25, 0.3) is 27.2 Å². The fourth-order valence-corrected chi connectivity index (χ4v) is 2.35. The zero-order valence-corrected chi connectivity index (χ0v) is 7.99. The molecule has 15 heavy (non-hydrogen) atoms. The summed E-state index contributed by atoms with van der Waals surface area (Å²) in [7, 11) is 0. The average molecular weight is 193 g/mol. The van der Waals surface area contributed by atoms with Gasteiger partial charge in [-0.25, -0.2) is 0 Å². The zero-order chi connectivity index (χ0) is 11.6. The second-order valence-corrected chi connectivity index (χ2v) is 3.78. The molecule has 0 aliphatic heterocycles. The van der Waals surface area contributed by atoms with Gasteiger partial charge >= 0.3 is 0 Å². The largest absolute Gasteiger partial charge is 0.315 e. The summed E-state index contributed by atoms with van der Waals surface area (Å²) in [5.41, 5.74) is 1.90. The molecule has 2 aromatic heterocycles. The molecule has 2 aromatic carbocycles. The van der Waals surface area contributed by atoms with E-state index >= 15 is 0 Å². The zero-order valence-electron chi connectivity index (χ0n) is 9.99. The predicted octanol–water partition coefficient (Wildman–Crippen LogP) is 3.68. The molecule has 70 valence electrons. The van der Waals surface area contributed by atoms with Crippen LogP contribution in [-0.2, 0) is 0 Å². The van der Waals surface area contributed by atoms with E-state index in [9.17, 15) is 0 Å². The van der Waals surface area contributed by atoms with E-state index in [4.69, 9.17) is 2.74 Å². The second-order valence-electron chi connectivity index (χ2n) is 3.78. The van der Waals surface area contributed by atoms with E-state index in [0.717, 1.165) is 27.2 Å². The van der Waals surface area contributed by atoms with Gasteiger partial charge in [0.25, 0.3) is 0 Å². The molecule has 0 saturated heterocycles. The molecule has 0 fully saturated rings. The fraction of sp³-hybridized carbons (Fsp3) is 0. The lowest BCUT2D eigenvalue weighted by Crippen LogP contribution is -1.73. The maximum atomic E-state index is 8.04. The van der Waals surface area contributed by atoms with Crippen LogP contribution in [0.3, 0.4) is 0 Å². The smallest absolute Gasteiger partial charge is 0.0822 e. The molecule has 0 N–H and O–H groups in total. The first-order chi connectivity index (χ1) is 8.27. The minimum absolute atomic E-state index is 0.450. The van der Waals surface area contributed by atoms with Crippen molar-refractivity contribution in [3.05, 3.63) is 54.7 Å². The fourth-order valence-electron chi connectivity index (χ4n) is 2.35. The third-order valence-electron chi connectivity index (χ3n) is 2.99. The SMILES string of the molecule is [2H]c1cccc2c3cccc4cc([2H])n(c12)c43. The summed E-state index contributed by atoms with van der Waals surface area (Å²) in [6.45, 7) is 0. The molecule has 1 nitrogen and oxygen atoms in total. The van der Waals surface area contributed by atoms with Crippen LogP contribution in [0.1, 0.15) is 2.74 Å². The van der Waals surface area contributed by atoms with Gasteiger partial charge < -0.3 is 4.40 Å². The average Bonchev–Trinajstić information content (AvgIpc) is 2.82. The van der Waals surface area contributed by atoms with Crippen molar-refractivity contribution in [3.63, 3.8) is 0 Å². The molecule has 0 spiro atoms. The van der Waals surface area contributed by atoms with Gasteiger partial charge in [0.05, 0.1) is 13.8 Å². The summed E-state index contributed by atoms with van der Waals surface area (Å²) in [6.07, 6.45) is 0.450. The Bertz CT molecular complexity index is 861. The number of benzene rings is 2. The van der Waals surface area contributed by atoms with Crippen LogP contribution in [0.2, 0.25) is 0 Å². The van der Waals surface area contributed by atoms with Crippen LogP contribution >= 0.6 is 0 Å². The second kappa shape index (κ2) is 2.31. The highest BCUT2D eigenvalue weighted by atomic mass is 14.9. The maximum absolute atomic E-state index is 8.04. The van der Waals surface area contributed by atoms with Crippen LogP contribution < -0.4 is 0 Å². The van der Waals surface area contributed by atoms with Crippen LogP contribution in [0.15, 0.2) is 54.7 Å². The first-order valence-electron chi connectivity index (χ1n) is 5.99. The van der Waals surface area contributed by atoms with Gasteiger partial charge in [-0.15, -0.1) is 0 Å². The number of hydrogen-bond acceptors (Lipinski definition) is 0. The van der Waals surface area contributed by atoms with Gasteiger partial charge in [0, 0.05) is 22.3 Å². The Morgan fingerprint density at radius 1 is 0.933 bits per heavy atom. The third-order valence-corrected chi connectivity index (χ3v) is 2.99. The molecule has 0 amide bonds. The van der Waals surface area contributed by atoms with Crippen molar-refractivity contribution in [1.29, 1.82) is 0 Å². The van der Waals surface area contributed by atoms with E-state index < -0.39 is 0 Å². The van der Waals surface area contributed by atoms with Crippen LogP contribution in [0, 0.1) is 0 Å². The normalized spacial score (nSPS) is 13.9. The maximum Gasteiger partial charge on any atom is 0.0822 e. The van der Waals surface area contributed by atoms with Gasteiger partial charge in [0.1, 0.15) is 0 Å². The highest BCUT2D eigenvalue weighted by molar-refractivity contribution is 6.14. The molecule has 4 rings (SSSR count). The summed E-state index contributed by atoms with van der Waals surface area (Å²) in [4.78, 5) is 0. The molecule has 4 aromatic rings. The van der Waals surface area contributed by atoms with Gasteiger partial charge in [-0.05, 0) is 12.1 Å². The van der Waals surface area contributed by atoms with Crippen molar-refractivity contribution >= 4 is 27.2 Å². The van der Waals surface area contributed by atoms with Crippen molar-refractivity contribution in [2.45, 2.75) is 0 Å². The number of aromatic nitrogens is 1. The summed E-state index contributed by atoms with van der Waals surface area (Å²) < 4.78 is 17.9. The van der Waals surface area contributed by atoms with Crippen molar-refractivity contribution < 1.29 is 2.74 Å². The first kappa shape index (κ1) is 5.76. The topological polar surface area (TPSA) is 4.41 Å². The van der Waals surface area contributed by atoms with E-state index in [1.807, 2.05) is 34.7 Å². The highest BCUT2D eigenvalue weighted by Crippen LogP contribution is 2.31. The Morgan fingerprint density at radius 3 is 2.87 bits per heavy atom. The number of hydrogen-bond donors (Lipinski definition) is 0. The van der Waals surface area contributed by atoms with E-state index in [0.29, 0.717) is 12.2 Å². The van der Waals surface area contributed by atoms with Crippen LogP contribution in [-0.4, -0.2) is 4.40 Å². The van der Waals surface area contributed by atoms with E-state index in [-0.39, 0.29) is 0 Å². The van der Waals surface area contributed by atoms with Gasteiger partial charge in [-0.1, -0.05) is 36.4 Å². The summed E-state index contributed by atoms with van der Waals surface area (Å²) in [5, 5.41) is 3.26. The van der Waals surface area contributed by atoms with E-state index in [1.165, 1.54) is 0 Å². The Morgan fingerprint density at radius 2 is 1.87 bits per heavy atom. The van der Waals surface area contributed by atoms with Crippen molar-refractivity contribution in [1.82, 2.24) is 4.40 Å². The van der Waals surface area contributed by atoms with Gasteiger partial charge in [0.15, 0.2) is 0 Å². The number of fused-ring (bicyclic) bond motifs is 3. The molecule has 1 heteroatoms. The standard InChI is InChI=1S/C14H9N/c1-2-7-13-11(5-1)12-6-3-4-10-8-9-15(13)14(10)12/h1-9H/i7D,9D. The number of nitrogens with zero attached hydrogens (tertiary/aromatic N) is 1. The Kier molecular flexibility index (Phi) is 0.889. The molecular formula is C14H9N. The monoisotopic (exact) mass is 193 g/mol. The van der Waals surface area contributed by atoms with Gasteiger partial charge in [-0.2, -0.15) is 0 Å². The van der Waals surface area contributed by atoms with Crippen molar-refractivity contribution in [2.75, 3.05) is 0 Å². The van der Waals surface area contributed by atoms with E-state index in [2.05, 4.69) is 6.07 Å². The predicted molar refractivity (Wildman–Crippen MR) is 63.6 cm³/mol. The number of para-hydroxylation sites is 2. The van der Waals surface area contributed by atoms with Gasteiger partial charge in [0.2, 0.25) is 0 Å². The number of rotatable bonds is 0. The third kappa shape index (κ3) is 0.747. The Hall–Kier alpha value is -2.02. The lowest BCUT2D eigenvalue weighted by molar-refractivity contribution is 1.30. The molecule has 0 unspecified atom stereocenters. The molecule has 2 heterocycles. The highest BCUT2D eigenvalue weighted by Gasteiger charge is 2.09. The van der Waals surface area contributed by atoms with Crippen molar-refractivity contribution in [3.8, 4) is 0 Å². The summed E-state index contributed by atoms with van der Waals surface area (Å²) >= 11 is 0. The molecule has 0 radical (unpaired) electrons. The van der Waals surface area contributed by atoms with Crippen LogP contribution in [0.4, 0.5) is 0 Å². The molecule has 0 aliphatic rings. The molecule has 0 aliphatic carbocycles. The van der Waals surface area contributed by atoms with E-state index in [1.54, 1.807) is 6.07 Å². The quantitative estimate of drug-likeness (QED) is 0.401. The Labute approximate surface area is 89.7 Å². The molecular weight excluding hydrogens is 182 g/mol. The lowest BCUT2D eigenvalue weighted by atomic mass is 10.1. The first-order valence-corrected chi connectivity index (χ1v) is 4.99. The Balaban J connectivity index is 2.52. The lowest BCUT2D eigenvalue weighted by Gasteiger charge is -1.90. The minimum Gasteiger partial charge on any atom is -0.315 e. The molecule has 0 bridgehead atoms. The summed E-state index contributed by atoms with van der Waals surface area (Å²) in [5.74, 6) is 0. The van der Waals surface area contributed by atoms with Crippen molar-refractivity contribution in [2.24, 2.45) is 0 Å². The van der Waals surface area contributed by atoms with Gasteiger partial charge in [-0.3, -0.25) is 0 Å². The molecule has 0 saturated carbocycles. The van der Waals surface area contributed by atoms with Crippen LogP contribution in [0.5, 0.6) is 0 Å². The minimum atomic E-state index is 0.450.